The van der Waals surface area contributed by atoms with Crippen molar-refractivity contribution in [1.29, 1.82) is 0 Å². The number of nitrogens with zero attached hydrogens (tertiary/aromatic N) is 1. The van der Waals surface area contributed by atoms with Gasteiger partial charge >= 0.3 is 0 Å². The Hall–Kier alpha value is -0.830. The number of hydrogen-bond acceptors (Lipinski definition) is 2. The molecule has 0 amide bonds. The maximum absolute atomic E-state index is 4.39. The first kappa shape index (κ1) is 13.2. The normalized spacial score (nSPS) is 30.9. The molecule has 2 saturated carbocycles. The van der Waals surface area contributed by atoms with Crippen LogP contribution in [0.25, 0.3) is 0 Å². The molecule has 2 bridgehead atoms. The summed E-state index contributed by atoms with van der Waals surface area (Å²) in [6, 6.07) is 0.607. The van der Waals surface area contributed by atoms with Crippen molar-refractivity contribution in [2.75, 3.05) is 6.54 Å². The van der Waals surface area contributed by atoms with Crippen molar-refractivity contribution in [3.63, 3.8) is 0 Å². The average Bonchev–Trinajstić information content (AvgIpc) is 3.12. The summed E-state index contributed by atoms with van der Waals surface area (Å²) in [6.07, 6.45) is 13.4. The van der Waals surface area contributed by atoms with E-state index >= 15 is 0 Å². The Morgan fingerprint density at radius 1 is 1.42 bits per heavy atom. The lowest BCUT2D eigenvalue weighted by Gasteiger charge is -2.27. The lowest BCUT2D eigenvalue weighted by atomic mass is 9.83. The van der Waals surface area contributed by atoms with Crippen LogP contribution in [-0.4, -0.2) is 22.6 Å². The van der Waals surface area contributed by atoms with Gasteiger partial charge in [0.05, 0.1) is 0 Å². The summed E-state index contributed by atoms with van der Waals surface area (Å²) in [5.74, 6) is 4.21. The molecule has 106 valence electrons. The number of H-pyrrole nitrogens is 1. The van der Waals surface area contributed by atoms with E-state index in [1.54, 1.807) is 0 Å². The molecule has 1 aromatic rings. The third-order valence-electron chi connectivity index (χ3n) is 5.15. The predicted octanol–water partition coefficient (Wildman–Crippen LogP) is 3.15. The van der Waals surface area contributed by atoms with Crippen LogP contribution < -0.4 is 5.32 Å². The minimum Gasteiger partial charge on any atom is -0.349 e. The van der Waals surface area contributed by atoms with E-state index in [4.69, 9.17) is 0 Å². The molecule has 2 aliphatic carbocycles. The fourth-order valence-corrected chi connectivity index (χ4v) is 4.26. The average molecular weight is 261 g/mol. The molecule has 0 spiro atoms. The molecule has 2 N–H and O–H groups in total. The van der Waals surface area contributed by atoms with Gasteiger partial charge in [0.15, 0.2) is 0 Å². The topological polar surface area (TPSA) is 40.7 Å². The molecule has 0 saturated heterocycles. The zero-order valence-electron chi connectivity index (χ0n) is 12.1. The summed E-state index contributed by atoms with van der Waals surface area (Å²) >= 11 is 0. The van der Waals surface area contributed by atoms with Crippen LogP contribution in [0, 0.1) is 17.8 Å². The molecule has 0 radical (unpaired) electrons. The van der Waals surface area contributed by atoms with Crippen LogP contribution in [0.4, 0.5) is 0 Å². The van der Waals surface area contributed by atoms with Gasteiger partial charge in [0.25, 0.3) is 0 Å². The summed E-state index contributed by atoms with van der Waals surface area (Å²) in [6.45, 7) is 3.38. The van der Waals surface area contributed by atoms with Crippen LogP contribution in [-0.2, 0) is 6.42 Å². The Bertz CT molecular complexity index is 373. The molecule has 1 heterocycles. The van der Waals surface area contributed by atoms with Crippen LogP contribution in [0.5, 0.6) is 0 Å². The first-order valence-electron chi connectivity index (χ1n) is 8.06. The second-order valence-corrected chi connectivity index (χ2v) is 6.56. The summed E-state index contributed by atoms with van der Waals surface area (Å²) in [4.78, 5) is 7.64. The third-order valence-corrected chi connectivity index (χ3v) is 5.15. The van der Waals surface area contributed by atoms with Crippen LogP contribution in [0.1, 0.15) is 51.3 Å². The van der Waals surface area contributed by atoms with E-state index in [1.165, 1.54) is 38.5 Å². The Morgan fingerprint density at radius 2 is 2.37 bits per heavy atom. The smallest absolute Gasteiger partial charge is 0.107 e. The highest BCUT2D eigenvalue weighted by molar-refractivity contribution is 4.95. The van der Waals surface area contributed by atoms with Crippen molar-refractivity contribution in [3.05, 3.63) is 18.2 Å². The molecule has 3 rings (SSSR count). The van der Waals surface area contributed by atoms with E-state index < -0.39 is 0 Å². The number of aromatic amines is 1. The maximum atomic E-state index is 4.39. The second kappa shape index (κ2) is 6.08. The van der Waals surface area contributed by atoms with Crippen molar-refractivity contribution >= 4 is 0 Å². The molecule has 0 aliphatic heterocycles. The van der Waals surface area contributed by atoms with Crippen molar-refractivity contribution in [3.8, 4) is 0 Å². The summed E-state index contributed by atoms with van der Waals surface area (Å²) in [5.41, 5.74) is 0. The second-order valence-electron chi connectivity index (χ2n) is 6.56. The lowest BCUT2D eigenvalue weighted by molar-refractivity contribution is 0.275. The number of fused-ring (bicyclic) bond motifs is 2. The Labute approximate surface area is 116 Å². The van der Waals surface area contributed by atoms with Gasteiger partial charge in [-0.25, -0.2) is 4.98 Å². The Morgan fingerprint density at radius 3 is 3.00 bits per heavy atom. The maximum Gasteiger partial charge on any atom is 0.107 e. The molecular formula is C16H27N3. The third kappa shape index (κ3) is 3.19. The van der Waals surface area contributed by atoms with Crippen LogP contribution >= 0.6 is 0 Å². The van der Waals surface area contributed by atoms with E-state index in [9.17, 15) is 0 Å². The zero-order chi connectivity index (χ0) is 13.1. The first-order valence-corrected chi connectivity index (χ1v) is 8.06. The zero-order valence-corrected chi connectivity index (χ0v) is 12.1. The van der Waals surface area contributed by atoms with Gasteiger partial charge in [-0.1, -0.05) is 13.3 Å². The quantitative estimate of drug-likeness (QED) is 0.791. The highest BCUT2D eigenvalue weighted by atomic mass is 14.9. The molecule has 2 fully saturated rings. The van der Waals surface area contributed by atoms with Crippen LogP contribution in [0.2, 0.25) is 0 Å². The van der Waals surface area contributed by atoms with E-state index in [0.29, 0.717) is 6.04 Å². The summed E-state index contributed by atoms with van der Waals surface area (Å²) in [7, 11) is 0. The number of nitrogens with one attached hydrogen (secondary N) is 2. The van der Waals surface area contributed by atoms with E-state index in [2.05, 4.69) is 22.2 Å². The fraction of sp³-hybridized carbons (Fsp3) is 0.812. The monoisotopic (exact) mass is 261 g/mol. The number of aromatic nitrogens is 2. The number of hydrogen-bond donors (Lipinski definition) is 2. The molecule has 3 heteroatoms. The molecular weight excluding hydrogens is 234 g/mol. The van der Waals surface area contributed by atoms with E-state index in [-0.39, 0.29) is 0 Å². The largest absolute Gasteiger partial charge is 0.349 e. The standard InChI is InChI=1S/C16H27N3/c1-2-5-17-15(11-16-18-6-7-19-16)10-14-9-12-3-4-13(14)8-12/h6-7,12-15,17H,2-5,8-11H2,1H3,(H,18,19). The highest BCUT2D eigenvalue weighted by Crippen LogP contribution is 2.49. The van der Waals surface area contributed by atoms with Crippen LogP contribution in [0.3, 0.4) is 0 Å². The highest BCUT2D eigenvalue weighted by Gasteiger charge is 2.40. The van der Waals surface area contributed by atoms with Gasteiger partial charge in [0.2, 0.25) is 0 Å². The van der Waals surface area contributed by atoms with E-state index in [1.807, 2.05) is 12.4 Å². The fourth-order valence-electron chi connectivity index (χ4n) is 4.26. The summed E-state index contributed by atoms with van der Waals surface area (Å²) in [5, 5.41) is 3.73. The van der Waals surface area contributed by atoms with Crippen molar-refractivity contribution < 1.29 is 0 Å². The Kier molecular flexibility index (Phi) is 4.21. The van der Waals surface area contributed by atoms with E-state index in [0.717, 1.165) is 36.5 Å². The molecule has 4 atom stereocenters. The molecule has 4 unspecified atom stereocenters. The van der Waals surface area contributed by atoms with Gasteiger partial charge < -0.3 is 10.3 Å². The van der Waals surface area contributed by atoms with Crippen molar-refractivity contribution in [2.24, 2.45) is 17.8 Å². The van der Waals surface area contributed by atoms with Gasteiger partial charge in [-0.3, -0.25) is 0 Å². The number of rotatable bonds is 7. The lowest BCUT2D eigenvalue weighted by Crippen LogP contribution is -2.35. The van der Waals surface area contributed by atoms with Gasteiger partial charge in [-0.15, -0.1) is 0 Å². The van der Waals surface area contributed by atoms with Gasteiger partial charge in [-0.2, -0.15) is 0 Å². The molecule has 19 heavy (non-hydrogen) atoms. The molecule has 3 nitrogen and oxygen atoms in total. The molecule has 1 aromatic heterocycles. The van der Waals surface area contributed by atoms with Crippen LogP contribution in [0.15, 0.2) is 12.4 Å². The van der Waals surface area contributed by atoms with Gasteiger partial charge in [0.1, 0.15) is 5.82 Å². The molecule has 2 aliphatic rings. The minimum absolute atomic E-state index is 0.607. The molecule has 0 aromatic carbocycles. The minimum atomic E-state index is 0.607. The SMILES string of the molecule is CCCNC(Cc1ncc[nH]1)CC1CC2CCC1C2. The predicted molar refractivity (Wildman–Crippen MR) is 77.9 cm³/mol. The Balaban J connectivity index is 1.55. The van der Waals surface area contributed by atoms with Crippen molar-refractivity contribution in [2.45, 2.75) is 57.9 Å². The number of imidazole rings is 1. The van der Waals surface area contributed by atoms with Crippen molar-refractivity contribution in [1.82, 2.24) is 15.3 Å². The summed E-state index contributed by atoms with van der Waals surface area (Å²) < 4.78 is 0. The van der Waals surface area contributed by atoms with Gasteiger partial charge in [-0.05, 0) is 56.4 Å². The first-order chi connectivity index (χ1) is 9.35. The van der Waals surface area contributed by atoms with Gasteiger partial charge in [0, 0.05) is 24.9 Å².